The second-order valence-corrected chi connectivity index (χ2v) is 7.74. The van der Waals surface area contributed by atoms with Crippen LogP contribution in [-0.4, -0.2) is 54.1 Å². The Morgan fingerprint density at radius 3 is 2.89 bits per heavy atom. The lowest BCUT2D eigenvalue weighted by Gasteiger charge is -2.35. The largest absolute Gasteiger partial charge is 0.338 e. The van der Waals surface area contributed by atoms with Crippen molar-refractivity contribution in [2.24, 2.45) is 10.9 Å². The molecule has 1 aromatic rings. The van der Waals surface area contributed by atoms with Gasteiger partial charge < -0.3 is 9.80 Å². The number of aryl methyl sites for hydroxylation is 1. The van der Waals surface area contributed by atoms with E-state index in [0.717, 1.165) is 39.0 Å². The van der Waals surface area contributed by atoms with Crippen molar-refractivity contribution in [2.75, 3.05) is 32.7 Å². The van der Waals surface area contributed by atoms with Gasteiger partial charge in [0.2, 0.25) is 0 Å². The molecule has 4 nitrogen and oxygen atoms in total. The summed E-state index contributed by atoms with van der Waals surface area (Å²) in [6, 6.07) is 8.98. The van der Waals surface area contributed by atoms with Crippen molar-refractivity contribution in [2.45, 2.75) is 46.0 Å². The van der Waals surface area contributed by atoms with Crippen LogP contribution in [0.25, 0.3) is 0 Å². The third-order valence-electron chi connectivity index (χ3n) is 5.76. The minimum Gasteiger partial charge on any atom is -0.338 e. The number of hydrogen-bond donors (Lipinski definition) is 0. The monoisotopic (exact) mass is 367 g/mol. The molecule has 2 aliphatic rings. The van der Waals surface area contributed by atoms with Crippen LogP contribution in [0, 0.1) is 5.92 Å². The number of hydrogen-bond acceptors (Lipinski definition) is 3. The first-order chi connectivity index (χ1) is 13.2. The smallest absolute Gasteiger partial charge is 0.268 e. The second kappa shape index (κ2) is 9.84. The van der Waals surface area contributed by atoms with Crippen LogP contribution in [0.3, 0.4) is 0 Å². The minimum atomic E-state index is 0.121. The molecule has 1 amide bonds. The zero-order valence-electron chi connectivity index (χ0n) is 16.9. The van der Waals surface area contributed by atoms with E-state index in [1.54, 1.807) is 6.20 Å². The van der Waals surface area contributed by atoms with Crippen LogP contribution >= 0.6 is 0 Å². The van der Waals surface area contributed by atoms with Gasteiger partial charge in [-0.2, -0.15) is 0 Å². The van der Waals surface area contributed by atoms with E-state index in [-0.39, 0.29) is 5.91 Å². The van der Waals surface area contributed by atoms with E-state index in [1.807, 2.05) is 11.0 Å². The van der Waals surface area contributed by atoms with Crippen molar-refractivity contribution >= 4 is 11.6 Å². The van der Waals surface area contributed by atoms with E-state index in [4.69, 9.17) is 0 Å². The predicted molar refractivity (Wildman–Crippen MR) is 112 cm³/mol. The molecule has 1 aromatic carbocycles. The highest BCUT2D eigenvalue weighted by Crippen LogP contribution is 2.19. The fourth-order valence-corrected chi connectivity index (χ4v) is 4.15. The molecule has 0 aliphatic carbocycles. The van der Waals surface area contributed by atoms with Gasteiger partial charge in [-0.05, 0) is 56.2 Å². The Balaban J connectivity index is 1.50. The number of aliphatic imine (C=N–C) groups is 1. The van der Waals surface area contributed by atoms with E-state index in [1.165, 1.54) is 30.5 Å². The fourth-order valence-electron chi connectivity index (χ4n) is 4.15. The van der Waals surface area contributed by atoms with Crippen LogP contribution in [0.4, 0.5) is 0 Å². The highest BCUT2D eigenvalue weighted by molar-refractivity contribution is 6.39. The van der Waals surface area contributed by atoms with E-state index < -0.39 is 0 Å². The molecule has 2 aliphatic heterocycles. The SMILES string of the molecule is CCc1cccc(CCN2CCCC(CN(CC)C(=O)C3=NC=CC3)C2)c1. The van der Waals surface area contributed by atoms with Crippen molar-refractivity contribution in [3.05, 3.63) is 47.7 Å². The minimum absolute atomic E-state index is 0.121. The van der Waals surface area contributed by atoms with Gasteiger partial charge in [0.05, 0.1) is 0 Å². The molecule has 1 fully saturated rings. The summed E-state index contributed by atoms with van der Waals surface area (Å²) in [7, 11) is 0. The van der Waals surface area contributed by atoms with Crippen molar-refractivity contribution < 1.29 is 4.79 Å². The van der Waals surface area contributed by atoms with Gasteiger partial charge in [-0.1, -0.05) is 37.3 Å². The average molecular weight is 368 g/mol. The van der Waals surface area contributed by atoms with Gasteiger partial charge in [0.15, 0.2) is 0 Å². The normalized spacial score (nSPS) is 19.9. The van der Waals surface area contributed by atoms with E-state index in [2.05, 4.69) is 48.0 Å². The first-order valence-electron chi connectivity index (χ1n) is 10.5. The number of amides is 1. The van der Waals surface area contributed by atoms with Crippen LogP contribution in [0.15, 0.2) is 41.5 Å². The number of rotatable bonds is 8. The Morgan fingerprint density at radius 1 is 1.30 bits per heavy atom. The summed E-state index contributed by atoms with van der Waals surface area (Å²) >= 11 is 0. The van der Waals surface area contributed by atoms with Gasteiger partial charge in [0.1, 0.15) is 5.71 Å². The van der Waals surface area contributed by atoms with Crippen LogP contribution in [0.5, 0.6) is 0 Å². The van der Waals surface area contributed by atoms with Crippen LogP contribution < -0.4 is 0 Å². The molecular formula is C23H33N3O. The molecule has 1 atom stereocenters. The van der Waals surface area contributed by atoms with Gasteiger partial charge in [0, 0.05) is 38.8 Å². The summed E-state index contributed by atoms with van der Waals surface area (Å²) in [5, 5.41) is 0. The molecule has 0 bridgehead atoms. The maximum Gasteiger partial charge on any atom is 0.268 e. The Labute approximate surface area is 164 Å². The number of allylic oxidation sites excluding steroid dienone is 1. The summed E-state index contributed by atoms with van der Waals surface area (Å²) in [6.45, 7) is 9.29. The molecule has 146 valence electrons. The van der Waals surface area contributed by atoms with Crippen LogP contribution in [0.2, 0.25) is 0 Å². The molecule has 0 saturated carbocycles. The maximum absolute atomic E-state index is 12.6. The maximum atomic E-state index is 12.6. The van der Waals surface area contributed by atoms with E-state index >= 15 is 0 Å². The molecular weight excluding hydrogens is 334 g/mol. The molecule has 0 spiro atoms. The van der Waals surface area contributed by atoms with Crippen molar-refractivity contribution in [3.63, 3.8) is 0 Å². The fraction of sp³-hybridized carbons (Fsp3) is 0.565. The number of benzene rings is 1. The summed E-state index contributed by atoms with van der Waals surface area (Å²) in [5.41, 5.74) is 3.55. The summed E-state index contributed by atoms with van der Waals surface area (Å²) < 4.78 is 0. The Kier molecular flexibility index (Phi) is 7.22. The third-order valence-corrected chi connectivity index (χ3v) is 5.76. The van der Waals surface area contributed by atoms with Gasteiger partial charge in [-0.25, -0.2) is 0 Å². The predicted octanol–water partition coefficient (Wildman–Crippen LogP) is 3.71. The molecule has 1 unspecified atom stereocenters. The highest BCUT2D eigenvalue weighted by Gasteiger charge is 2.25. The quantitative estimate of drug-likeness (QED) is 0.702. The third kappa shape index (κ3) is 5.52. The standard InChI is InChI=1S/C23H33N3O/c1-3-19-8-5-9-20(16-19)12-15-25-14-7-10-21(17-25)18-26(4-2)23(27)22-11-6-13-24-22/h5-6,8-9,13,16,21H,3-4,7,10-12,14-15,17-18H2,1-2H3. The summed E-state index contributed by atoms with van der Waals surface area (Å²) in [4.78, 5) is 21.4. The summed E-state index contributed by atoms with van der Waals surface area (Å²) in [6.07, 6.45) is 9.04. The molecule has 4 heteroatoms. The van der Waals surface area contributed by atoms with Gasteiger partial charge >= 0.3 is 0 Å². The molecule has 0 N–H and O–H groups in total. The average Bonchev–Trinajstić information content (AvgIpc) is 3.25. The number of piperidine rings is 1. The Morgan fingerprint density at radius 2 is 2.15 bits per heavy atom. The number of carbonyl (C=O) groups excluding carboxylic acids is 1. The molecule has 0 radical (unpaired) electrons. The van der Waals surface area contributed by atoms with Crippen molar-refractivity contribution in [1.29, 1.82) is 0 Å². The molecule has 3 rings (SSSR count). The molecule has 0 aromatic heterocycles. The van der Waals surface area contributed by atoms with Crippen molar-refractivity contribution in [3.8, 4) is 0 Å². The second-order valence-electron chi connectivity index (χ2n) is 7.74. The van der Waals surface area contributed by atoms with Crippen LogP contribution in [0.1, 0.15) is 44.2 Å². The van der Waals surface area contributed by atoms with Gasteiger partial charge in [-0.3, -0.25) is 9.79 Å². The zero-order valence-corrected chi connectivity index (χ0v) is 16.9. The zero-order chi connectivity index (χ0) is 19.1. The highest BCUT2D eigenvalue weighted by atomic mass is 16.2. The molecule has 1 saturated heterocycles. The van der Waals surface area contributed by atoms with Gasteiger partial charge in [-0.15, -0.1) is 0 Å². The van der Waals surface area contributed by atoms with E-state index in [9.17, 15) is 4.79 Å². The molecule has 27 heavy (non-hydrogen) atoms. The molecule has 2 heterocycles. The first kappa shape index (κ1) is 19.8. The lowest BCUT2D eigenvalue weighted by Crippen LogP contribution is -2.45. The number of likely N-dealkylation sites (tertiary alicyclic amines) is 1. The van der Waals surface area contributed by atoms with E-state index in [0.29, 0.717) is 18.1 Å². The number of carbonyl (C=O) groups is 1. The Hall–Kier alpha value is -1.94. The lowest BCUT2D eigenvalue weighted by molar-refractivity contribution is -0.124. The van der Waals surface area contributed by atoms with Crippen molar-refractivity contribution in [1.82, 2.24) is 9.80 Å². The topological polar surface area (TPSA) is 35.9 Å². The Bertz CT molecular complexity index is 695. The van der Waals surface area contributed by atoms with Crippen LogP contribution in [-0.2, 0) is 17.6 Å². The number of nitrogens with zero attached hydrogens (tertiary/aromatic N) is 3. The van der Waals surface area contributed by atoms with Gasteiger partial charge in [0.25, 0.3) is 5.91 Å². The summed E-state index contributed by atoms with van der Waals surface area (Å²) in [5.74, 6) is 0.690. The first-order valence-corrected chi connectivity index (χ1v) is 10.5. The lowest BCUT2D eigenvalue weighted by atomic mass is 9.96.